The first kappa shape index (κ1) is 24.6. The molecule has 0 atom stereocenters. The molecule has 9 nitrogen and oxygen atoms in total. The van der Waals surface area contributed by atoms with Crippen LogP contribution in [0.3, 0.4) is 0 Å². The first-order valence-corrected chi connectivity index (χ1v) is 12.0. The Labute approximate surface area is 210 Å². The Morgan fingerprint density at radius 3 is 2.54 bits per heavy atom. The molecule has 4 heterocycles. The molecule has 0 unspecified atom stereocenters. The first-order valence-electron chi connectivity index (χ1n) is 10.8. The summed E-state index contributed by atoms with van der Waals surface area (Å²) in [6.07, 6.45) is 2.83. The van der Waals surface area contributed by atoms with Gasteiger partial charge in [-0.15, -0.1) is 11.3 Å². The maximum absolute atomic E-state index is 13.2. The van der Waals surface area contributed by atoms with Gasteiger partial charge in [0, 0.05) is 47.3 Å². The van der Waals surface area contributed by atoms with Crippen LogP contribution >= 0.6 is 22.9 Å². The third kappa shape index (κ3) is 5.44. The van der Waals surface area contributed by atoms with Crippen LogP contribution in [0.1, 0.15) is 40.9 Å². The summed E-state index contributed by atoms with van der Waals surface area (Å²) in [6, 6.07) is 10.1. The van der Waals surface area contributed by atoms with Gasteiger partial charge in [0.05, 0.1) is 23.1 Å². The number of carbonyl (C=O) groups is 2. The summed E-state index contributed by atoms with van der Waals surface area (Å²) < 4.78 is 8.04. The highest BCUT2D eigenvalue weighted by molar-refractivity contribution is 7.16. The number of ketones is 1. The van der Waals surface area contributed by atoms with E-state index in [4.69, 9.17) is 11.6 Å². The summed E-state index contributed by atoms with van der Waals surface area (Å²) in [6.45, 7) is 5.84. The number of hydrogen-bond donors (Lipinski definition) is 0. The zero-order valence-corrected chi connectivity index (χ0v) is 21.3. The predicted molar refractivity (Wildman–Crippen MR) is 134 cm³/mol. The van der Waals surface area contributed by atoms with Gasteiger partial charge in [0.15, 0.2) is 5.69 Å². The van der Waals surface area contributed by atoms with Crippen molar-refractivity contribution in [1.82, 2.24) is 19.5 Å². The topological polar surface area (TPSA) is 103 Å². The zero-order chi connectivity index (χ0) is 25.3. The van der Waals surface area contributed by atoms with Crippen LogP contribution in [-0.2, 0) is 13.1 Å². The molecule has 0 radical (unpaired) electrons. The molecule has 4 aromatic heterocycles. The highest BCUT2D eigenvalue weighted by Crippen LogP contribution is 2.29. The van der Waals surface area contributed by atoms with E-state index >= 15 is 0 Å². The molecule has 0 saturated heterocycles. The molecule has 0 fully saturated rings. The predicted octanol–water partition coefficient (Wildman–Crippen LogP) is 4.62. The Kier molecular flexibility index (Phi) is 6.77. The van der Waals surface area contributed by atoms with Gasteiger partial charge in [-0.2, -0.15) is 9.78 Å². The van der Waals surface area contributed by atoms with E-state index in [1.165, 1.54) is 45.2 Å². The number of carbonyl (C=O) groups excluding carboxylic acids is 2. The van der Waals surface area contributed by atoms with Gasteiger partial charge in [0.2, 0.25) is 5.78 Å². The normalized spacial score (nSPS) is 11.6. The van der Waals surface area contributed by atoms with Crippen molar-refractivity contribution in [1.29, 1.82) is 0 Å². The van der Waals surface area contributed by atoms with E-state index in [0.717, 1.165) is 4.88 Å². The average Bonchev–Trinajstić information content (AvgIpc) is 3.55. The molecule has 35 heavy (non-hydrogen) atoms. The van der Waals surface area contributed by atoms with Crippen LogP contribution < -0.4 is 10.5 Å². The molecule has 182 valence electrons. The summed E-state index contributed by atoms with van der Waals surface area (Å²) >= 11 is 7.54. The number of anilines is 1. The number of thiophene rings is 1. The monoisotopic (exact) mass is 513 g/mol. The summed E-state index contributed by atoms with van der Waals surface area (Å²) in [7, 11) is 1.87. The lowest BCUT2D eigenvalue weighted by atomic mass is 9.96. The highest BCUT2D eigenvalue weighted by Gasteiger charge is 2.28. The number of pyridine rings is 1. The number of aromatic nitrogens is 4. The van der Waals surface area contributed by atoms with Gasteiger partial charge in [-0.1, -0.05) is 37.5 Å². The van der Waals surface area contributed by atoms with Crippen LogP contribution in [0.25, 0.3) is 11.3 Å². The fourth-order valence-electron chi connectivity index (χ4n) is 3.39. The zero-order valence-electron chi connectivity index (χ0n) is 19.7. The lowest BCUT2D eigenvalue weighted by Crippen LogP contribution is -2.31. The second-order valence-corrected chi connectivity index (χ2v) is 10.9. The van der Waals surface area contributed by atoms with Gasteiger partial charge in [0.1, 0.15) is 12.1 Å². The van der Waals surface area contributed by atoms with Crippen molar-refractivity contribution in [3.63, 3.8) is 0 Å². The lowest BCUT2D eigenvalue weighted by molar-refractivity contribution is 0.0751. The van der Waals surface area contributed by atoms with Gasteiger partial charge >= 0.3 is 0 Å². The van der Waals surface area contributed by atoms with Crippen LogP contribution in [0.15, 0.2) is 58.2 Å². The molecule has 0 aliphatic heterocycles. The number of nitrogens with zero attached hydrogens (tertiary/aromatic N) is 5. The molecular weight excluding hydrogens is 490 g/mol. The maximum atomic E-state index is 13.2. The van der Waals surface area contributed by atoms with E-state index < -0.39 is 5.41 Å². The SMILES string of the molecule is CN(Cc1ccc(Cl)s1)c1cc(-c2ccn(CC(=O)c3ccon3)c(=O)c2)nn1C(=O)C(C)(C)C. The molecule has 0 spiro atoms. The van der Waals surface area contributed by atoms with Crippen LogP contribution in [-0.4, -0.2) is 38.2 Å². The van der Waals surface area contributed by atoms with Crippen molar-refractivity contribution in [2.24, 2.45) is 5.41 Å². The molecule has 0 saturated carbocycles. The maximum Gasteiger partial charge on any atom is 0.254 e. The van der Waals surface area contributed by atoms with Crippen molar-refractivity contribution in [3.8, 4) is 11.3 Å². The Morgan fingerprint density at radius 1 is 1.17 bits per heavy atom. The van der Waals surface area contributed by atoms with Crippen LogP contribution in [0, 0.1) is 5.41 Å². The minimum Gasteiger partial charge on any atom is -0.364 e. The summed E-state index contributed by atoms with van der Waals surface area (Å²) in [5, 5.41) is 8.16. The van der Waals surface area contributed by atoms with Gasteiger partial charge in [-0.25, -0.2) is 0 Å². The number of halogens is 1. The smallest absolute Gasteiger partial charge is 0.254 e. The van der Waals surface area contributed by atoms with E-state index in [1.54, 1.807) is 12.1 Å². The molecule has 0 aromatic carbocycles. The Bertz CT molecular complexity index is 1430. The van der Waals surface area contributed by atoms with Gasteiger partial charge in [-0.05, 0) is 18.2 Å². The van der Waals surface area contributed by atoms with E-state index in [-0.39, 0.29) is 29.5 Å². The van der Waals surface area contributed by atoms with Gasteiger partial charge in [-0.3, -0.25) is 14.4 Å². The van der Waals surface area contributed by atoms with Crippen LogP contribution in [0.5, 0.6) is 0 Å². The van der Waals surface area contributed by atoms with Crippen molar-refractivity contribution >= 4 is 40.4 Å². The lowest BCUT2D eigenvalue weighted by Gasteiger charge is -2.22. The molecular formula is C24H24ClN5O4S. The van der Waals surface area contributed by atoms with Crippen molar-refractivity contribution in [2.75, 3.05) is 11.9 Å². The fraction of sp³-hybridized carbons (Fsp3) is 0.292. The summed E-state index contributed by atoms with van der Waals surface area (Å²) in [4.78, 5) is 41.1. The second kappa shape index (κ2) is 9.63. The molecule has 0 aliphatic carbocycles. The quantitative estimate of drug-likeness (QED) is 0.332. The van der Waals surface area contributed by atoms with E-state index in [9.17, 15) is 14.4 Å². The third-order valence-electron chi connectivity index (χ3n) is 5.27. The second-order valence-electron chi connectivity index (χ2n) is 9.11. The number of Topliss-reactive ketones (excluding diaryl/α,β-unsaturated/α-hetero) is 1. The van der Waals surface area contributed by atoms with Crippen molar-refractivity contribution in [2.45, 2.75) is 33.9 Å². The molecule has 0 N–H and O–H groups in total. The molecule has 11 heteroatoms. The minimum atomic E-state index is -0.671. The highest BCUT2D eigenvalue weighted by atomic mass is 35.5. The molecule has 0 amide bonds. The number of hydrogen-bond acceptors (Lipinski definition) is 8. The fourth-order valence-corrected chi connectivity index (χ4v) is 4.53. The molecule has 0 bridgehead atoms. The number of rotatable bonds is 7. The first-order chi connectivity index (χ1) is 16.5. The van der Waals surface area contributed by atoms with Crippen molar-refractivity contribution in [3.05, 3.63) is 74.1 Å². The van der Waals surface area contributed by atoms with Gasteiger partial charge in [0.25, 0.3) is 11.5 Å². The Balaban J connectivity index is 1.66. The van der Waals surface area contributed by atoms with Crippen LogP contribution in [0.4, 0.5) is 5.82 Å². The van der Waals surface area contributed by atoms with E-state index in [0.29, 0.717) is 28.0 Å². The minimum absolute atomic E-state index is 0.153. The van der Waals surface area contributed by atoms with Crippen molar-refractivity contribution < 1.29 is 14.1 Å². The van der Waals surface area contributed by atoms with E-state index in [2.05, 4.69) is 14.8 Å². The Morgan fingerprint density at radius 2 is 1.94 bits per heavy atom. The Hall–Kier alpha value is -3.50. The van der Waals surface area contributed by atoms with Gasteiger partial charge < -0.3 is 14.0 Å². The largest absolute Gasteiger partial charge is 0.364 e. The summed E-state index contributed by atoms with van der Waals surface area (Å²) in [5.74, 6) is 0.0717. The molecule has 0 aliphatic rings. The van der Waals surface area contributed by atoms with E-state index in [1.807, 2.05) is 44.9 Å². The molecule has 4 rings (SSSR count). The standard InChI is InChI=1S/C24H24ClN5O4S/c1-24(2,3)23(33)30-21(28(4)13-16-5-6-20(25)35-16)12-18(26-30)15-7-9-29(22(32)11-15)14-19(31)17-8-10-34-27-17/h5-12H,13-14H2,1-4H3. The van der Waals surface area contributed by atoms with Crippen LogP contribution in [0.2, 0.25) is 4.34 Å². The third-order valence-corrected chi connectivity index (χ3v) is 6.48. The average molecular weight is 514 g/mol. The summed E-state index contributed by atoms with van der Waals surface area (Å²) in [5.41, 5.74) is 0.116. The molecule has 4 aromatic rings.